The second-order valence-corrected chi connectivity index (χ2v) is 3.31. The Kier molecular flexibility index (Phi) is 7.06. The molecule has 0 fully saturated rings. The van der Waals surface area contributed by atoms with Crippen molar-refractivity contribution in [2.45, 2.75) is 26.4 Å². The average molecular weight is 209 g/mol. The number of carbonyl (C=O) groups is 1. The number of rotatable bonds is 6. The monoisotopic (exact) mass is 209 g/mol. The van der Waals surface area contributed by atoms with Crippen LogP contribution in [0.3, 0.4) is 0 Å². The second-order valence-electron chi connectivity index (χ2n) is 3.31. The van der Waals surface area contributed by atoms with Crippen molar-refractivity contribution in [1.82, 2.24) is 5.32 Å². The molecular weight excluding hydrogens is 190 g/mol. The number of ether oxygens (including phenoxy) is 1. The van der Waals surface area contributed by atoms with Gasteiger partial charge in [0.15, 0.2) is 0 Å². The zero-order chi connectivity index (χ0) is 11.7. The summed E-state index contributed by atoms with van der Waals surface area (Å²) < 4.78 is 4.91. The minimum atomic E-state index is -0.382. The van der Waals surface area contributed by atoms with Crippen molar-refractivity contribution in [2.24, 2.45) is 0 Å². The number of alkyl carbamates (subject to hydrolysis) is 1. The van der Waals surface area contributed by atoms with Crippen molar-refractivity contribution in [1.29, 1.82) is 0 Å². The summed E-state index contributed by atoms with van der Waals surface area (Å²) in [5, 5.41) is 2.65. The number of carbonyl (C=O) groups excluding carboxylic acids is 1. The summed E-state index contributed by atoms with van der Waals surface area (Å²) >= 11 is 0. The maximum absolute atomic E-state index is 11.1. The molecule has 0 rings (SSSR count). The Morgan fingerprint density at radius 2 is 2.13 bits per heavy atom. The van der Waals surface area contributed by atoms with Gasteiger partial charge in [-0.1, -0.05) is 31.4 Å². The highest BCUT2D eigenvalue weighted by atomic mass is 16.6. The highest BCUT2D eigenvalue weighted by Crippen LogP contribution is 2.01. The predicted molar refractivity (Wildman–Crippen MR) is 62.7 cm³/mol. The summed E-state index contributed by atoms with van der Waals surface area (Å²) in [5.41, 5.74) is 1.04. The Labute approximate surface area is 91.5 Å². The fourth-order valence-electron chi connectivity index (χ4n) is 0.969. The number of allylic oxidation sites excluding steroid dienone is 3. The molecule has 0 aromatic rings. The third-order valence-corrected chi connectivity index (χ3v) is 1.62. The fourth-order valence-corrected chi connectivity index (χ4v) is 0.969. The summed E-state index contributed by atoms with van der Waals surface area (Å²) in [5.74, 6) is 0. The van der Waals surface area contributed by atoms with Gasteiger partial charge < -0.3 is 10.1 Å². The zero-order valence-corrected chi connectivity index (χ0v) is 9.45. The predicted octanol–water partition coefficient (Wildman–Crippen LogP) is 2.81. The summed E-state index contributed by atoms with van der Waals surface area (Å²) in [4.78, 5) is 11.1. The Hall–Kier alpha value is -1.51. The minimum absolute atomic E-state index is 0.0902. The molecule has 1 N–H and O–H groups in total. The lowest BCUT2D eigenvalue weighted by Gasteiger charge is -2.09. The number of nitrogens with one attached hydrogen (secondary N) is 1. The highest BCUT2D eigenvalue weighted by molar-refractivity contribution is 5.67. The van der Waals surface area contributed by atoms with Gasteiger partial charge in [-0.05, 0) is 25.8 Å². The van der Waals surface area contributed by atoms with Gasteiger partial charge in [-0.2, -0.15) is 0 Å². The van der Waals surface area contributed by atoms with Gasteiger partial charge in [0, 0.05) is 6.54 Å². The van der Waals surface area contributed by atoms with Crippen LogP contribution >= 0.6 is 0 Å². The summed E-state index contributed by atoms with van der Waals surface area (Å²) in [7, 11) is 0. The summed E-state index contributed by atoms with van der Waals surface area (Å²) in [6.45, 7) is 11.4. The first-order valence-electron chi connectivity index (χ1n) is 4.98. The summed E-state index contributed by atoms with van der Waals surface area (Å²) in [6, 6.07) is 0. The quantitative estimate of drug-likeness (QED) is 0.683. The van der Waals surface area contributed by atoms with E-state index in [-0.39, 0.29) is 12.2 Å². The molecule has 84 valence electrons. The molecule has 15 heavy (non-hydrogen) atoms. The first kappa shape index (κ1) is 13.5. The molecule has 0 aromatic carbocycles. The smallest absolute Gasteiger partial charge is 0.407 e. The van der Waals surface area contributed by atoms with Crippen LogP contribution in [0.2, 0.25) is 0 Å². The van der Waals surface area contributed by atoms with Gasteiger partial charge in [-0.15, -0.1) is 0 Å². The molecule has 0 bridgehead atoms. The first-order valence-corrected chi connectivity index (χ1v) is 4.98. The van der Waals surface area contributed by atoms with Crippen molar-refractivity contribution in [3.63, 3.8) is 0 Å². The number of amides is 1. The Morgan fingerprint density at radius 3 is 2.60 bits per heavy atom. The van der Waals surface area contributed by atoms with Gasteiger partial charge in [0.05, 0.1) is 6.10 Å². The molecule has 1 amide bonds. The Morgan fingerprint density at radius 1 is 1.47 bits per heavy atom. The van der Waals surface area contributed by atoms with E-state index in [4.69, 9.17) is 4.74 Å². The number of hydrogen-bond acceptors (Lipinski definition) is 2. The normalized spacial score (nSPS) is 11.0. The van der Waals surface area contributed by atoms with Crippen LogP contribution in [0, 0.1) is 0 Å². The Bertz CT molecular complexity index is 254. The van der Waals surface area contributed by atoms with Crippen LogP contribution in [-0.4, -0.2) is 18.7 Å². The molecule has 0 saturated carbocycles. The fraction of sp³-hybridized carbons (Fsp3) is 0.417. The van der Waals surface area contributed by atoms with Gasteiger partial charge in [-0.25, -0.2) is 4.79 Å². The van der Waals surface area contributed by atoms with Crippen molar-refractivity contribution in [3.05, 3.63) is 37.0 Å². The van der Waals surface area contributed by atoms with Gasteiger partial charge in [0.2, 0.25) is 0 Å². The lowest BCUT2D eigenvalue weighted by atomic mass is 10.2. The van der Waals surface area contributed by atoms with Crippen LogP contribution < -0.4 is 5.32 Å². The molecule has 0 aliphatic heterocycles. The molecule has 0 aliphatic carbocycles. The molecule has 0 spiro atoms. The molecule has 0 atom stereocenters. The molecule has 0 aromatic heterocycles. The van der Waals surface area contributed by atoms with Crippen LogP contribution in [0.4, 0.5) is 4.79 Å². The maximum Gasteiger partial charge on any atom is 0.407 e. The zero-order valence-electron chi connectivity index (χ0n) is 9.45. The van der Waals surface area contributed by atoms with Crippen molar-refractivity contribution >= 4 is 6.09 Å². The van der Waals surface area contributed by atoms with Crippen LogP contribution in [0.5, 0.6) is 0 Å². The third kappa shape index (κ3) is 7.55. The van der Waals surface area contributed by atoms with Gasteiger partial charge in [0.1, 0.15) is 0 Å². The van der Waals surface area contributed by atoms with E-state index in [0.717, 1.165) is 12.0 Å². The molecule has 0 aliphatic rings. The third-order valence-electron chi connectivity index (χ3n) is 1.62. The van der Waals surface area contributed by atoms with Gasteiger partial charge in [0.25, 0.3) is 0 Å². The minimum Gasteiger partial charge on any atom is -0.447 e. The number of hydrogen-bond donors (Lipinski definition) is 1. The standard InChI is InChI=1S/C12H19NO2/c1-5-7-11(6-2)8-9-13-12(14)15-10(3)4/h5-7,10H,1-2,8-9H2,3-4H3,(H,13,14)/b11-7+. The maximum atomic E-state index is 11.1. The summed E-state index contributed by atoms with van der Waals surface area (Å²) in [6.07, 6.45) is 5.56. The SMILES string of the molecule is C=C/C=C(\C=C)CCNC(=O)OC(C)C. The average Bonchev–Trinajstić information content (AvgIpc) is 2.15. The Balaban J connectivity index is 3.78. The van der Waals surface area contributed by atoms with E-state index >= 15 is 0 Å². The highest BCUT2D eigenvalue weighted by Gasteiger charge is 2.03. The molecule has 0 radical (unpaired) electrons. The van der Waals surface area contributed by atoms with Crippen molar-refractivity contribution in [3.8, 4) is 0 Å². The van der Waals surface area contributed by atoms with Crippen LogP contribution in [0.1, 0.15) is 20.3 Å². The van der Waals surface area contributed by atoms with E-state index < -0.39 is 0 Å². The van der Waals surface area contributed by atoms with Crippen molar-refractivity contribution < 1.29 is 9.53 Å². The topological polar surface area (TPSA) is 38.3 Å². The largest absolute Gasteiger partial charge is 0.447 e. The molecule has 3 nitrogen and oxygen atoms in total. The van der Waals surface area contributed by atoms with Crippen molar-refractivity contribution in [2.75, 3.05) is 6.54 Å². The lowest BCUT2D eigenvalue weighted by Crippen LogP contribution is -2.27. The lowest BCUT2D eigenvalue weighted by molar-refractivity contribution is 0.116. The van der Waals surface area contributed by atoms with Crippen LogP contribution in [-0.2, 0) is 4.74 Å². The molecule has 0 unspecified atom stereocenters. The molecular formula is C12H19NO2. The van der Waals surface area contributed by atoms with Gasteiger partial charge >= 0.3 is 6.09 Å². The van der Waals surface area contributed by atoms with E-state index in [2.05, 4.69) is 18.5 Å². The van der Waals surface area contributed by atoms with E-state index in [1.54, 1.807) is 12.2 Å². The second kappa shape index (κ2) is 7.85. The van der Waals surface area contributed by atoms with Crippen LogP contribution in [0.25, 0.3) is 0 Å². The van der Waals surface area contributed by atoms with E-state index in [0.29, 0.717) is 6.54 Å². The van der Waals surface area contributed by atoms with E-state index in [1.807, 2.05) is 19.9 Å². The molecule has 0 saturated heterocycles. The first-order chi connectivity index (χ1) is 7.10. The van der Waals surface area contributed by atoms with E-state index in [1.165, 1.54) is 0 Å². The van der Waals surface area contributed by atoms with E-state index in [9.17, 15) is 4.79 Å². The van der Waals surface area contributed by atoms with Gasteiger partial charge in [-0.3, -0.25) is 0 Å². The molecule has 0 heterocycles. The molecule has 3 heteroatoms. The van der Waals surface area contributed by atoms with Crippen LogP contribution in [0.15, 0.2) is 37.0 Å².